The number of rotatable bonds is 7. The molecule has 0 saturated carbocycles. The van der Waals surface area contributed by atoms with E-state index in [0.717, 1.165) is 13.1 Å². The van der Waals surface area contributed by atoms with Crippen LogP contribution in [0, 0.1) is 11.8 Å². The first-order chi connectivity index (χ1) is 10.3. The van der Waals surface area contributed by atoms with Gasteiger partial charge in [0.2, 0.25) is 5.91 Å². The maximum absolute atomic E-state index is 12.8. The fourth-order valence-electron chi connectivity index (χ4n) is 3.31. The zero-order valence-electron chi connectivity index (χ0n) is 15.0. The van der Waals surface area contributed by atoms with E-state index in [2.05, 4.69) is 51.8 Å². The van der Waals surface area contributed by atoms with Gasteiger partial charge < -0.3 is 15.2 Å². The second-order valence-corrected chi connectivity index (χ2v) is 7.27. The Morgan fingerprint density at radius 1 is 1.18 bits per heavy atom. The molecule has 0 radical (unpaired) electrons. The second kappa shape index (κ2) is 8.85. The lowest BCUT2D eigenvalue weighted by Gasteiger charge is -2.41. The molecule has 1 aliphatic rings. The summed E-state index contributed by atoms with van der Waals surface area (Å²) < 4.78 is 5.78. The molecule has 1 amide bonds. The highest BCUT2D eigenvalue weighted by molar-refractivity contribution is 5.82. The molecule has 1 saturated heterocycles. The first-order valence-electron chi connectivity index (χ1n) is 8.57. The van der Waals surface area contributed by atoms with E-state index in [1.165, 1.54) is 0 Å². The van der Waals surface area contributed by atoms with Crippen molar-refractivity contribution >= 4 is 5.91 Å². The minimum absolute atomic E-state index is 0.0228. The summed E-state index contributed by atoms with van der Waals surface area (Å²) in [4.78, 5) is 15.1. The summed E-state index contributed by atoms with van der Waals surface area (Å²) >= 11 is 0. The van der Waals surface area contributed by atoms with E-state index < -0.39 is 0 Å². The van der Waals surface area contributed by atoms with Crippen LogP contribution in [0.3, 0.4) is 0 Å². The molecule has 0 bridgehead atoms. The van der Waals surface area contributed by atoms with Crippen molar-refractivity contribution in [1.82, 2.24) is 10.2 Å². The van der Waals surface area contributed by atoms with Crippen molar-refractivity contribution in [2.24, 2.45) is 11.8 Å². The molecule has 4 unspecified atom stereocenters. The summed E-state index contributed by atoms with van der Waals surface area (Å²) in [5, 5.41) is 12.3. The number of morpholine rings is 1. The van der Waals surface area contributed by atoms with E-state index in [9.17, 15) is 9.90 Å². The predicted octanol–water partition coefficient (Wildman–Crippen LogP) is 1.64. The van der Waals surface area contributed by atoms with Gasteiger partial charge in [0.1, 0.15) is 0 Å². The maximum atomic E-state index is 12.8. The van der Waals surface area contributed by atoms with Gasteiger partial charge in [0.05, 0.1) is 18.2 Å². The van der Waals surface area contributed by atoms with Gasteiger partial charge in [0, 0.05) is 25.7 Å². The monoisotopic (exact) mass is 314 g/mol. The first-order valence-corrected chi connectivity index (χ1v) is 8.57. The number of hydrogen-bond acceptors (Lipinski definition) is 4. The Morgan fingerprint density at radius 3 is 2.14 bits per heavy atom. The van der Waals surface area contributed by atoms with Crippen molar-refractivity contribution in [2.75, 3.05) is 19.7 Å². The van der Waals surface area contributed by atoms with E-state index in [1.807, 2.05) is 0 Å². The molecule has 0 aromatic carbocycles. The van der Waals surface area contributed by atoms with Crippen LogP contribution in [0.5, 0.6) is 0 Å². The van der Waals surface area contributed by atoms with Crippen molar-refractivity contribution < 1.29 is 14.6 Å². The summed E-state index contributed by atoms with van der Waals surface area (Å²) in [6.07, 6.45) is 0.900. The average Bonchev–Trinajstić information content (AvgIpc) is 2.36. The van der Waals surface area contributed by atoms with Crippen molar-refractivity contribution in [2.45, 2.75) is 72.3 Å². The fraction of sp³-hybridized carbons (Fsp3) is 0.941. The van der Waals surface area contributed by atoms with Crippen LogP contribution in [-0.4, -0.2) is 59.9 Å². The molecule has 0 aliphatic carbocycles. The van der Waals surface area contributed by atoms with Crippen LogP contribution in [0.2, 0.25) is 0 Å². The van der Waals surface area contributed by atoms with Crippen LogP contribution in [0.15, 0.2) is 0 Å². The summed E-state index contributed by atoms with van der Waals surface area (Å²) in [5.41, 5.74) is 0. The highest BCUT2D eigenvalue weighted by atomic mass is 16.5. The minimum atomic E-state index is -0.145. The maximum Gasteiger partial charge on any atom is 0.237 e. The molecule has 1 fully saturated rings. The van der Waals surface area contributed by atoms with Crippen LogP contribution < -0.4 is 5.32 Å². The second-order valence-electron chi connectivity index (χ2n) is 7.27. The van der Waals surface area contributed by atoms with E-state index >= 15 is 0 Å². The van der Waals surface area contributed by atoms with Crippen molar-refractivity contribution in [3.05, 3.63) is 0 Å². The SMILES string of the molecule is CC1CN(C(C(=O)NC(CCO)C(C)C)C(C)C)CC(C)O1. The molecule has 5 nitrogen and oxygen atoms in total. The quantitative estimate of drug-likeness (QED) is 0.750. The summed E-state index contributed by atoms with van der Waals surface area (Å²) in [6.45, 7) is 14.1. The number of nitrogens with one attached hydrogen (secondary N) is 1. The molecule has 2 N–H and O–H groups in total. The van der Waals surface area contributed by atoms with Gasteiger partial charge in [-0.05, 0) is 32.1 Å². The molecule has 5 heteroatoms. The smallest absolute Gasteiger partial charge is 0.237 e. The van der Waals surface area contributed by atoms with E-state index in [4.69, 9.17) is 4.74 Å². The Kier molecular flexibility index (Phi) is 7.80. The number of carbonyl (C=O) groups excluding carboxylic acids is 1. The van der Waals surface area contributed by atoms with Gasteiger partial charge in [-0.3, -0.25) is 9.69 Å². The third kappa shape index (κ3) is 5.52. The standard InChI is InChI=1S/C17H34N2O3/c1-11(2)15(7-8-20)18-17(21)16(12(3)4)19-9-13(5)22-14(6)10-19/h11-16,20H,7-10H2,1-6H3,(H,18,21). The van der Waals surface area contributed by atoms with Crippen LogP contribution in [0.25, 0.3) is 0 Å². The summed E-state index contributed by atoms with van der Waals surface area (Å²) in [6, 6.07) is -0.122. The number of aliphatic hydroxyl groups excluding tert-OH is 1. The predicted molar refractivity (Wildman–Crippen MR) is 88.7 cm³/mol. The van der Waals surface area contributed by atoms with Gasteiger partial charge in [-0.25, -0.2) is 0 Å². The lowest BCUT2D eigenvalue weighted by molar-refractivity contribution is -0.136. The minimum Gasteiger partial charge on any atom is -0.396 e. The van der Waals surface area contributed by atoms with Crippen molar-refractivity contribution in [1.29, 1.82) is 0 Å². The lowest BCUT2D eigenvalue weighted by atomic mass is 9.96. The van der Waals surface area contributed by atoms with Gasteiger partial charge >= 0.3 is 0 Å². The van der Waals surface area contributed by atoms with E-state index in [1.54, 1.807) is 0 Å². The number of aliphatic hydroxyl groups is 1. The van der Waals surface area contributed by atoms with Crippen molar-refractivity contribution in [3.8, 4) is 0 Å². The molecule has 0 aromatic heterocycles. The molecule has 4 atom stereocenters. The highest BCUT2D eigenvalue weighted by Gasteiger charge is 2.35. The van der Waals surface area contributed by atoms with Gasteiger partial charge in [-0.2, -0.15) is 0 Å². The first kappa shape index (κ1) is 19.4. The Hall–Kier alpha value is -0.650. The molecule has 0 spiro atoms. The van der Waals surface area contributed by atoms with Gasteiger partial charge in [-0.15, -0.1) is 0 Å². The zero-order chi connectivity index (χ0) is 16.9. The normalized spacial score (nSPS) is 26.2. The Morgan fingerprint density at radius 2 is 1.73 bits per heavy atom. The molecule has 130 valence electrons. The molecular formula is C17H34N2O3. The molecule has 0 aromatic rings. The van der Waals surface area contributed by atoms with Crippen LogP contribution in [-0.2, 0) is 9.53 Å². The number of ether oxygens (including phenoxy) is 1. The third-order valence-electron chi connectivity index (χ3n) is 4.31. The topological polar surface area (TPSA) is 61.8 Å². The van der Waals surface area contributed by atoms with Crippen LogP contribution >= 0.6 is 0 Å². The average molecular weight is 314 g/mol. The number of nitrogens with zero attached hydrogens (tertiary/aromatic N) is 1. The fourth-order valence-corrected chi connectivity index (χ4v) is 3.31. The lowest BCUT2D eigenvalue weighted by Crippen LogP contribution is -2.58. The van der Waals surface area contributed by atoms with E-state index in [-0.39, 0.29) is 42.7 Å². The highest BCUT2D eigenvalue weighted by Crippen LogP contribution is 2.19. The van der Waals surface area contributed by atoms with E-state index in [0.29, 0.717) is 12.3 Å². The molecule has 1 aliphatic heterocycles. The number of hydrogen-bond donors (Lipinski definition) is 2. The van der Waals surface area contributed by atoms with Crippen LogP contribution in [0.4, 0.5) is 0 Å². The molecular weight excluding hydrogens is 280 g/mol. The largest absolute Gasteiger partial charge is 0.396 e. The molecule has 1 rings (SSSR count). The molecule has 22 heavy (non-hydrogen) atoms. The summed E-state index contributed by atoms with van der Waals surface area (Å²) in [7, 11) is 0. The van der Waals surface area contributed by atoms with Crippen molar-refractivity contribution in [3.63, 3.8) is 0 Å². The number of carbonyl (C=O) groups is 1. The zero-order valence-corrected chi connectivity index (χ0v) is 15.0. The Bertz CT molecular complexity index is 337. The number of amides is 1. The van der Waals surface area contributed by atoms with Gasteiger partial charge in [0.25, 0.3) is 0 Å². The van der Waals surface area contributed by atoms with Gasteiger partial charge in [-0.1, -0.05) is 27.7 Å². The molecule has 1 heterocycles. The van der Waals surface area contributed by atoms with Gasteiger partial charge in [0.15, 0.2) is 0 Å². The summed E-state index contributed by atoms with van der Waals surface area (Å²) in [5.74, 6) is 0.620. The third-order valence-corrected chi connectivity index (χ3v) is 4.31. The Balaban J connectivity index is 2.78. The van der Waals surface area contributed by atoms with Crippen LogP contribution in [0.1, 0.15) is 48.0 Å². The Labute approximate surface area is 135 Å².